The molecule has 7 nitrogen and oxygen atoms in total. The van der Waals surface area contributed by atoms with Crippen LogP contribution in [0.2, 0.25) is 10.0 Å². The SMILES string of the molecule is CC[C@@H](CNS(=O)(=O)C1CCC1)N1C(=O)[C@](C)(CC(=O)O)C[C@H](c2cccc(Cl)c2)[C@H]1c1ccc(Cl)cc1. The predicted molar refractivity (Wildman–Crippen MR) is 149 cm³/mol. The molecule has 38 heavy (non-hydrogen) atoms. The number of hydrogen-bond acceptors (Lipinski definition) is 4. The molecule has 1 amide bonds. The molecule has 206 valence electrons. The minimum atomic E-state index is -3.51. The van der Waals surface area contributed by atoms with Crippen molar-refractivity contribution in [2.24, 2.45) is 5.41 Å². The van der Waals surface area contributed by atoms with Crippen LogP contribution in [0.3, 0.4) is 0 Å². The number of aliphatic carboxylic acids is 1. The highest BCUT2D eigenvalue weighted by atomic mass is 35.5. The fourth-order valence-corrected chi connectivity index (χ4v) is 7.67. The van der Waals surface area contributed by atoms with E-state index in [0.29, 0.717) is 35.7 Å². The summed E-state index contributed by atoms with van der Waals surface area (Å²) in [5, 5.41) is 10.4. The second kappa shape index (κ2) is 11.5. The highest BCUT2D eigenvalue weighted by molar-refractivity contribution is 7.90. The molecule has 0 bridgehead atoms. The molecule has 2 N–H and O–H groups in total. The van der Waals surface area contributed by atoms with Gasteiger partial charge in [0.05, 0.1) is 23.1 Å². The third kappa shape index (κ3) is 6.03. The van der Waals surface area contributed by atoms with Crippen LogP contribution in [0.4, 0.5) is 0 Å². The lowest BCUT2D eigenvalue weighted by Gasteiger charge is -2.52. The smallest absolute Gasteiger partial charge is 0.304 e. The van der Waals surface area contributed by atoms with Gasteiger partial charge in [-0.3, -0.25) is 9.59 Å². The summed E-state index contributed by atoms with van der Waals surface area (Å²) in [7, 11) is -3.51. The Bertz CT molecular complexity index is 1280. The Balaban J connectivity index is 1.82. The molecule has 2 aromatic rings. The Morgan fingerprint density at radius 2 is 1.82 bits per heavy atom. The van der Waals surface area contributed by atoms with Crippen molar-refractivity contribution in [1.82, 2.24) is 9.62 Å². The van der Waals surface area contributed by atoms with E-state index < -0.39 is 38.7 Å². The van der Waals surface area contributed by atoms with Gasteiger partial charge in [0, 0.05) is 28.5 Å². The zero-order valence-electron chi connectivity index (χ0n) is 21.6. The molecule has 1 aliphatic carbocycles. The molecule has 4 atom stereocenters. The number of piperidine rings is 1. The lowest BCUT2D eigenvalue weighted by molar-refractivity contribution is -0.160. The lowest BCUT2D eigenvalue weighted by Crippen LogP contribution is -2.58. The van der Waals surface area contributed by atoms with E-state index in [-0.39, 0.29) is 24.8 Å². The molecule has 1 heterocycles. The van der Waals surface area contributed by atoms with Crippen LogP contribution in [0, 0.1) is 5.41 Å². The van der Waals surface area contributed by atoms with Gasteiger partial charge in [0.1, 0.15) is 0 Å². The second-order valence-corrected chi connectivity index (χ2v) is 13.6. The molecule has 1 aliphatic heterocycles. The molecule has 1 saturated carbocycles. The maximum atomic E-state index is 14.2. The maximum Gasteiger partial charge on any atom is 0.304 e. The van der Waals surface area contributed by atoms with Gasteiger partial charge in [-0.15, -0.1) is 0 Å². The summed E-state index contributed by atoms with van der Waals surface area (Å²) in [5.41, 5.74) is 0.532. The summed E-state index contributed by atoms with van der Waals surface area (Å²) in [6.07, 6.45) is 2.60. The minimum Gasteiger partial charge on any atom is -0.481 e. The standard InChI is InChI=1S/C28H34Cl2N2O5S/c1-3-22(17-31-38(36,37)23-8-5-9-23)32-26(18-10-12-20(29)13-11-18)24(19-6-4-7-21(30)14-19)15-28(2,27(32)35)16-25(33)34/h4,6-7,10-14,22-24,26,31H,3,5,8-9,15-17H2,1-2H3,(H,33,34)/t22-,24+,26+,28-/m0/s1. The fourth-order valence-electron chi connectivity index (χ4n) is 5.73. The number of halogens is 2. The first-order valence-corrected chi connectivity index (χ1v) is 15.3. The van der Waals surface area contributed by atoms with Crippen molar-refractivity contribution < 1.29 is 23.1 Å². The van der Waals surface area contributed by atoms with E-state index in [1.54, 1.807) is 30.0 Å². The number of benzene rings is 2. The summed E-state index contributed by atoms with van der Waals surface area (Å²) < 4.78 is 28.5. The number of likely N-dealkylation sites (tertiary alicyclic amines) is 1. The monoisotopic (exact) mass is 580 g/mol. The van der Waals surface area contributed by atoms with Gasteiger partial charge in [-0.1, -0.05) is 67.7 Å². The molecule has 4 rings (SSSR count). The number of carboxylic acids is 1. The summed E-state index contributed by atoms with van der Waals surface area (Å²) in [6.45, 7) is 3.65. The predicted octanol–water partition coefficient (Wildman–Crippen LogP) is 5.78. The third-order valence-electron chi connectivity index (χ3n) is 8.01. The fraction of sp³-hybridized carbons (Fsp3) is 0.500. The number of carboxylic acid groups (broad SMARTS) is 1. The van der Waals surface area contributed by atoms with Crippen molar-refractivity contribution in [2.45, 2.75) is 75.6 Å². The summed E-state index contributed by atoms with van der Waals surface area (Å²) in [6, 6.07) is 13.7. The van der Waals surface area contributed by atoms with E-state index in [2.05, 4.69) is 4.72 Å². The van der Waals surface area contributed by atoms with E-state index in [4.69, 9.17) is 23.2 Å². The van der Waals surface area contributed by atoms with Crippen LogP contribution in [-0.4, -0.2) is 48.1 Å². The highest BCUT2D eigenvalue weighted by Gasteiger charge is 2.52. The first kappa shape index (κ1) is 28.9. The van der Waals surface area contributed by atoms with Gasteiger partial charge in [0.2, 0.25) is 15.9 Å². The highest BCUT2D eigenvalue weighted by Crippen LogP contribution is 2.52. The van der Waals surface area contributed by atoms with Crippen molar-refractivity contribution in [3.05, 3.63) is 69.7 Å². The van der Waals surface area contributed by atoms with Crippen LogP contribution in [0.5, 0.6) is 0 Å². The number of carbonyl (C=O) groups is 2. The van der Waals surface area contributed by atoms with Crippen molar-refractivity contribution in [2.75, 3.05) is 6.54 Å². The number of rotatable bonds is 10. The Labute approximate surface area is 234 Å². The van der Waals surface area contributed by atoms with Gasteiger partial charge in [-0.05, 0) is 61.1 Å². The van der Waals surface area contributed by atoms with Crippen molar-refractivity contribution in [3.63, 3.8) is 0 Å². The van der Waals surface area contributed by atoms with Gasteiger partial charge < -0.3 is 10.0 Å². The summed E-state index contributed by atoms with van der Waals surface area (Å²) in [5.74, 6) is -1.64. The second-order valence-electron chi connectivity index (χ2n) is 10.7. The van der Waals surface area contributed by atoms with Gasteiger partial charge in [0.15, 0.2) is 0 Å². The quantitative estimate of drug-likeness (QED) is 0.370. The van der Waals surface area contributed by atoms with Crippen LogP contribution >= 0.6 is 23.2 Å². The van der Waals surface area contributed by atoms with Gasteiger partial charge in [-0.25, -0.2) is 13.1 Å². The molecule has 2 aromatic carbocycles. The molecule has 0 aromatic heterocycles. The van der Waals surface area contributed by atoms with E-state index in [1.807, 2.05) is 37.3 Å². The van der Waals surface area contributed by atoms with E-state index in [9.17, 15) is 23.1 Å². The number of hydrogen-bond donors (Lipinski definition) is 2. The van der Waals surface area contributed by atoms with Gasteiger partial charge in [-0.2, -0.15) is 0 Å². The minimum absolute atomic E-state index is 0.0522. The van der Waals surface area contributed by atoms with Crippen LogP contribution in [-0.2, 0) is 19.6 Å². The Morgan fingerprint density at radius 3 is 2.37 bits per heavy atom. The lowest BCUT2D eigenvalue weighted by atomic mass is 9.67. The zero-order chi connectivity index (χ0) is 27.7. The molecular weight excluding hydrogens is 547 g/mol. The van der Waals surface area contributed by atoms with Crippen LogP contribution < -0.4 is 4.72 Å². The van der Waals surface area contributed by atoms with E-state index in [0.717, 1.165) is 17.5 Å². The molecule has 10 heteroatoms. The molecule has 2 fully saturated rings. The normalized spacial score (nSPS) is 25.2. The molecule has 2 aliphatic rings. The largest absolute Gasteiger partial charge is 0.481 e. The van der Waals surface area contributed by atoms with E-state index in [1.165, 1.54) is 0 Å². The van der Waals surface area contributed by atoms with Crippen LogP contribution in [0.15, 0.2) is 48.5 Å². The molecule has 0 radical (unpaired) electrons. The Morgan fingerprint density at radius 1 is 1.13 bits per heavy atom. The Hall–Kier alpha value is -2.13. The van der Waals surface area contributed by atoms with Gasteiger partial charge >= 0.3 is 5.97 Å². The Kier molecular flexibility index (Phi) is 8.77. The van der Waals surface area contributed by atoms with Crippen molar-refractivity contribution >= 4 is 45.1 Å². The number of nitrogens with zero attached hydrogens (tertiary/aromatic N) is 1. The van der Waals surface area contributed by atoms with Gasteiger partial charge in [0.25, 0.3) is 0 Å². The third-order valence-corrected chi connectivity index (χ3v) is 10.4. The summed E-state index contributed by atoms with van der Waals surface area (Å²) in [4.78, 5) is 27.9. The topological polar surface area (TPSA) is 104 Å². The van der Waals surface area contributed by atoms with Crippen molar-refractivity contribution in [1.29, 1.82) is 0 Å². The molecule has 1 saturated heterocycles. The van der Waals surface area contributed by atoms with Crippen LogP contribution in [0.1, 0.15) is 75.5 Å². The first-order chi connectivity index (χ1) is 17.9. The zero-order valence-corrected chi connectivity index (χ0v) is 23.9. The number of sulfonamides is 1. The number of nitrogens with one attached hydrogen (secondary N) is 1. The molecule has 0 spiro atoms. The number of amides is 1. The maximum absolute atomic E-state index is 14.2. The van der Waals surface area contributed by atoms with E-state index >= 15 is 0 Å². The number of carbonyl (C=O) groups excluding carboxylic acids is 1. The average Bonchev–Trinajstić information content (AvgIpc) is 2.80. The first-order valence-electron chi connectivity index (χ1n) is 13.0. The van der Waals surface area contributed by atoms with Crippen LogP contribution in [0.25, 0.3) is 0 Å². The molecular formula is C28H34Cl2N2O5S. The molecule has 0 unspecified atom stereocenters. The average molecular weight is 582 g/mol. The van der Waals surface area contributed by atoms with Crippen molar-refractivity contribution in [3.8, 4) is 0 Å². The summed E-state index contributed by atoms with van der Waals surface area (Å²) >= 11 is 12.6.